The Kier molecular flexibility index (Phi) is 5.43. The molecule has 3 N–H and O–H groups in total. The highest BCUT2D eigenvalue weighted by molar-refractivity contribution is 7.80. The molecule has 164 valence electrons. The first-order valence-electron chi connectivity index (χ1n) is 11.2. The summed E-state index contributed by atoms with van der Waals surface area (Å²) in [5.41, 5.74) is 10.6. The molecule has 7 heteroatoms. The Balaban J connectivity index is 1.78. The normalized spacial score (nSPS) is 16.0. The lowest BCUT2D eigenvalue weighted by Crippen LogP contribution is -2.44. The number of rotatable bonds is 3. The molecule has 2 aromatic carbocycles. The monoisotopic (exact) mass is 445 g/mol. The van der Waals surface area contributed by atoms with Gasteiger partial charge in [0, 0.05) is 18.0 Å². The second-order valence-corrected chi connectivity index (χ2v) is 9.05. The summed E-state index contributed by atoms with van der Waals surface area (Å²) in [6.45, 7) is 0. The summed E-state index contributed by atoms with van der Waals surface area (Å²) in [5, 5.41) is 3.29. The number of thiocarbonyl (C=S) groups is 1. The van der Waals surface area contributed by atoms with Gasteiger partial charge < -0.3 is 5.32 Å². The lowest BCUT2D eigenvalue weighted by atomic mass is 9.62. The number of nitrogens with zero attached hydrogens (tertiary/aromatic N) is 2. The van der Waals surface area contributed by atoms with Gasteiger partial charge in [-0.1, -0.05) is 61.7 Å². The second kappa shape index (κ2) is 8.39. The minimum Gasteiger partial charge on any atom is -0.364 e. The summed E-state index contributed by atoms with van der Waals surface area (Å²) < 4.78 is 1.67. The van der Waals surface area contributed by atoms with Gasteiger partial charge in [-0.3, -0.25) is 15.6 Å². The maximum atomic E-state index is 14.2. The third-order valence-electron chi connectivity index (χ3n) is 6.75. The zero-order valence-electron chi connectivity index (χ0n) is 18.1. The number of hydrogen-bond donors (Lipinski definition) is 3. The molecule has 1 fully saturated rings. The number of anilines is 1. The zero-order chi connectivity index (χ0) is 22.1. The largest absolute Gasteiger partial charge is 0.364 e. The molecule has 1 heterocycles. The maximum Gasteiger partial charge on any atom is 0.263 e. The number of hydrogen-bond acceptors (Lipinski definition) is 4. The van der Waals surface area contributed by atoms with Gasteiger partial charge in [-0.2, -0.15) is 0 Å². The van der Waals surface area contributed by atoms with Crippen molar-refractivity contribution in [1.82, 2.24) is 20.3 Å². The van der Waals surface area contributed by atoms with Crippen molar-refractivity contribution in [2.45, 2.75) is 43.9 Å². The van der Waals surface area contributed by atoms with Crippen molar-refractivity contribution in [2.24, 2.45) is 0 Å². The Hall–Kier alpha value is -3.19. The predicted octanol–water partition coefficient (Wildman–Crippen LogP) is 4.08. The SMILES string of the molecule is CNC(=S)NNc1nc2c(c(=O)n1-c1ccccc1)C1(CCCCC1)Cc1ccccc1-2. The van der Waals surface area contributed by atoms with E-state index in [9.17, 15) is 4.79 Å². The quantitative estimate of drug-likeness (QED) is 0.417. The van der Waals surface area contributed by atoms with Gasteiger partial charge in [0.25, 0.3) is 5.56 Å². The molecule has 0 unspecified atom stereocenters. The molecule has 1 aromatic heterocycles. The number of hydrazine groups is 1. The molecule has 0 bridgehead atoms. The third kappa shape index (κ3) is 3.46. The van der Waals surface area contributed by atoms with Crippen LogP contribution in [0.5, 0.6) is 0 Å². The average Bonchev–Trinajstić information content (AvgIpc) is 2.83. The lowest BCUT2D eigenvalue weighted by Gasteiger charge is -2.42. The Bertz CT molecular complexity index is 1210. The van der Waals surface area contributed by atoms with E-state index < -0.39 is 0 Å². The first-order valence-corrected chi connectivity index (χ1v) is 11.6. The van der Waals surface area contributed by atoms with Gasteiger partial charge in [0.05, 0.1) is 16.9 Å². The van der Waals surface area contributed by atoms with Crippen molar-refractivity contribution < 1.29 is 0 Å². The predicted molar refractivity (Wildman–Crippen MR) is 132 cm³/mol. The zero-order valence-corrected chi connectivity index (χ0v) is 19.0. The van der Waals surface area contributed by atoms with E-state index in [4.69, 9.17) is 17.2 Å². The summed E-state index contributed by atoms with van der Waals surface area (Å²) in [6, 6.07) is 18.0. The van der Waals surface area contributed by atoms with Gasteiger partial charge in [0.2, 0.25) is 5.95 Å². The molecule has 0 radical (unpaired) electrons. The summed E-state index contributed by atoms with van der Waals surface area (Å²) in [6.07, 6.45) is 6.46. The highest BCUT2D eigenvalue weighted by Crippen LogP contribution is 2.48. The van der Waals surface area contributed by atoms with Crippen LogP contribution in [0, 0.1) is 0 Å². The van der Waals surface area contributed by atoms with Gasteiger partial charge in [0.1, 0.15) is 0 Å². The van der Waals surface area contributed by atoms with Gasteiger partial charge in [0.15, 0.2) is 5.11 Å². The van der Waals surface area contributed by atoms with Crippen molar-refractivity contribution in [3.05, 3.63) is 76.1 Å². The molecule has 0 amide bonds. The summed E-state index contributed by atoms with van der Waals surface area (Å²) >= 11 is 5.23. The minimum absolute atomic E-state index is 0.00252. The van der Waals surface area contributed by atoms with Crippen molar-refractivity contribution >= 4 is 23.3 Å². The summed E-state index contributed by atoms with van der Waals surface area (Å²) in [7, 11) is 1.74. The highest BCUT2D eigenvalue weighted by atomic mass is 32.1. The van der Waals surface area contributed by atoms with Crippen LogP contribution in [0.1, 0.15) is 43.2 Å². The second-order valence-electron chi connectivity index (χ2n) is 8.64. The van der Waals surface area contributed by atoms with Crippen LogP contribution in [0.4, 0.5) is 5.95 Å². The van der Waals surface area contributed by atoms with Crippen LogP contribution in [-0.2, 0) is 11.8 Å². The number of aromatic nitrogens is 2. The van der Waals surface area contributed by atoms with Gasteiger partial charge >= 0.3 is 0 Å². The Morgan fingerprint density at radius 2 is 1.75 bits per heavy atom. The molecule has 2 aliphatic carbocycles. The molecular formula is C25H27N5OS. The fourth-order valence-corrected chi connectivity index (χ4v) is 5.33. The number of para-hydroxylation sites is 1. The molecule has 3 aromatic rings. The van der Waals surface area contributed by atoms with Crippen molar-refractivity contribution in [3.63, 3.8) is 0 Å². The van der Waals surface area contributed by atoms with Crippen LogP contribution in [0.15, 0.2) is 59.4 Å². The maximum absolute atomic E-state index is 14.2. The first kappa shape index (κ1) is 20.7. The third-order valence-corrected chi connectivity index (χ3v) is 7.06. The van der Waals surface area contributed by atoms with E-state index in [2.05, 4.69) is 34.4 Å². The van der Waals surface area contributed by atoms with E-state index in [1.165, 1.54) is 12.0 Å². The fourth-order valence-electron chi connectivity index (χ4n) is 5.28. The summed E-state index contributed by atoms with van der Waals surface area (Å²) in [5.74, 6) is 0.417. The van der Waals surface area contributed by atoms with E-state index >= 15 is 0 Å². The van der Waals surface area contributed by atoms with E-state index in [1.807, 2.05) is 36.4 Å². The van der Waals surface area contributed by atoms with Gasteiger partial charge in [-0.25, -0.2) is 9.55 Å². The van der Waals surface area contributed by atoms with Crippen molar-refractivity contribution in [2.75, 3.05) is 12.5 Å². The van der Waals surface area contributed by atoms with E-state index in [-0.39, 0.29) is 11.0 Å². The van der Waals surface area contributed by atoms with Crippen LogP contribution in [0.2, 0.25) is 0 Å². The molecule has 1 saturated carbocycles. The molecule has 6 nitrogen and oxygen atoms in total. The highest BCUT2D eigenvalue weighted by Gasteiger charge is 2.43. The van der Waals surface area contributed by atoms with E-state index in [0.29, 0.717) is 11.1 Å². The van der Waals surface area contributed by atoms with Crippen LogP contribution in [0.25, 0.3) is 16.9 Å². The molecule has 0 atom stereocenters. The van der Waals surface area contributed by atoms with Crippen molar-refractivity contribution in [1.29, 1.82) is 0 Å². The standard InChI is InChI=1S/C25H27N5OS/c1-26-24(32)29-28-23-27-21-19-13-7-6-10-17(19)16-25(14-8-3-9-15-25)20(21)22(31)30(23)18-11-4-2-5-12-18/h2,4-7,10-13H,3,8-9,14-16H2,1H3,(H,27,28)(H2,26,29,32). The molecular weight excluding hydrogens is 418 g/mol. The van der Waals surface area contributed by atoms with Crippen LogP contribution >= 0.6 is 12.2 Å². The van der Waals surface area contributed by atoms with E-state index in [0.717, 1.165) is 54.6 Å². The molecule has 32 heavy (non-hydrogen) atoms. The molecule has 0 saturated heterocycles. The number of nitrogens with one attached hydrogen (secondary N) is 3. The average molecular weight is 446 g/mol. The molecule has 1 spiro atoms. The van der Waals surface area contributed by atoms with Crippen LogP contribution in [-0.4, -0.2) is 21.7 Å². The number of benzene rings is 2. The molecule has 0 aliphatic heterocycles. The van der Waals surface area contributed by atoms with Gasteiger partial charge in [-0.15, -0.1) is 0 Å². The van der Waals surface area contributed by atoms with Gasteiger partial charge in [-0.05, 0) is 49.2 Å². The topological polar surface area (TPSA) is 71.0 Å². The van der Waals surface area contributed by atoms with Crippen LogP contribution < -0.4 is 21.7 Å². The number of fused-ring (bicyclic) bond motifs is 4. The first-order chi connectivity index (χ1) is 15.6. The fraction of sp³-hybridized carbons (Fsp3) is 0.320. The molecule has 2 aliphatic rings. The Morgan fingerprint density at radius 1 is 1.03 bits per heavy atom. The van der Waals surface area contributed by atoms with E-state index in [1.54, 1.807) is 11.6 Å². The summed E-state index contributed by atoms with van der Waals surface area (Å²) in [4.78, 5) is 19.3. The minimum atomic E-state index is -0.158. The Labute approximate surface area is 193 Å². The lowest BCUT2D eigenvalue weighted by molar-refractivity contribution is 0.284. The van der Waals surface area contributed by atoms with Crippen LogP contribution in [0.3, 0.4) is 0 Å². The molecule has 5 rings (SSSR count). The Morgan fingerprint density at radius 3 is 2.50 bits per heavy atom. The van der Waals surface area contributed by atoms with Crippen molar-refractivity contribution in [3.8, 4) is 16.9 Å². The smallest absolute Gasteiger partial charge is 0.263 e.